The topological polar surface area (TPSA) is 217 Å². The predicted octanol–water partition coefficient (Wildman–Crippen LogP) is 1.88. The molecule has 0 amide bonds. The number of carbonyl (C=O) groups excluding carboxylic acids is 1. The number of aliphatic hydroxyl groups is 5. The first-order valence-electron chi connectivity index (χ1n) is 21.2. The fraction of sp³-hybridized carbons (Fsp3) is 0.952. The number of cyclic esters (lactones) is 1. The van der Waals surface area contributed by atoms with Gasteiger partial charge in [-0.3, -0.25) is 14.5 Å². The van der Waals surface area contributed by atoms with Gasteiger partial charge in [0.15, 0.2) is 12.6 Å². The van der Waals surface area contributed by atoms with Crippen LogP contribution in [-0.2, 0) is 38.0 Å². The van der Waals surface area contributed by atoms with Crippen LogP contribution in [0.4, 0.5) is 0 Å². The second-order valence-electron chi connectivity index (χ2n) is 18.6. The Kier molecular flexibility index (Phi) is 20.3. The molecule has 3 aliphatic rings. The Labute approximate surface area is 364 Å². The summed E-state index contributed by atoms with van der Waals surface area (Å²) in [5, 5.41) is 68.2. The molecule has 59 heavy (non-hydrogen) atoms. The summed E-state index contributed by atoms with van der Waals surface area (Å²) in [6.45, 7) is 19.6. The number of carbonyl (C=O) groups is 2. The molecule has 0 aromatic carbocycles. The van der Waals surface area contributed by atoms with Gasteiger partial charge >= 0.3 is 30.8 Å². The van der Waals surface area contributed by atoms with Crippen molar-refractivity contribution in [3.8, 4) is 0 Å². The van der Waals surface area contributed by atoms with Gasteiger partial charge in [-0.2, -0.15) is 0 Å². The monoisotopic (exact) mass is 843 g/mol. The molecule has 19 atom stereocenters. The Hall–Kier alpha value is -0.943. The molecule has 0 aromatic heterocycles. The Bertz CT molecular complexity index is 1330. The van der Waals surface area contributed by atoms with Crippen molar-refractivity contribution in [2.45, 2.75) is 211 Å². The SMILES string of the molecule is CCC1OC(=O)C(C)C(OC2CC(C)(OC)C(O)C(C)O2)C(C)C(OC2OC(C)CC(N(C)C(C)CCC(=O)O)C2O)C(C)(O)CC(C)CN(C)C(C)C(O)C1(C)O.[LiH]. The van der Waals surface area contributed by atoms with E-state index in [0.29, 0.717) is 19.4 Å². The van der Waals surface area contributed by atoms with Crippen LogP contribution < -0.4 is 0 Å². The van der Waals surface area contributed by atoms with Gasteiger partial charge in [-0.05, 0) is 101 Å². The third-order valence-electron chi connectivity index (χ3n) is 13.5. The second kappa shape index (κ2) is 22.1. The van der Waals surface area contributed by atoms with Gasteiger partial charge in [0.1, 0.15) is 30.0 Å². The molecule has 6 N–H and O–H groups in total. The van der Waals surface area contributed by atoms with E-state index in [1.807, 2.05) is 44.7 Å². The number of methoxy groups -OCH3 is 1. The average molecular weight is 843 g/mol. The number of nitrogens with zero attached hydrogens (tertiary/aromatic N) is 2. The van der Waals surface area contributed by atoms with Crippen LogP contribution in [0.2, 0.25) is 0 Å². The van der Waals surface area contributed by atoms with Gasteiger partial charge in [-0.15, -0.1) is 0 Å². The Morgan fingerprint density at radius 3 is 2.17 bits per heavy atom. The molecule has 19 unspecified atom stereocenters. The van der Waals surface area contributed by atoms with Gasteiger partial charge in [-0.1, -0.05) is 20.8 Å². The van der Waals surface area contributed by atoms with E-state index in [-0.39, 0.29) is 62.6 Å². The number of aliphatic hydroxyl groups excluding tert-OH is 3. The van der Waals surface area contributed by atoms with Crippen molar-refractivity contribution >= 4 is 30.8 Å². The summed E-state index contributed by atoms with van der Waals surface area (Å²) in [4.78, 5) is 29.5. The number of esters is 1. The molecule has 17 heteroatoms. The van der Waals surface area contributed by atoms with Crippen molar-refractivity contribution in [2.75, 3.05) is 27.7 Å². The first-order valence-corrected chi connectivity index (χ1v) is 21.2. The van der Waals surface area contributed by atoms with E-state index in [1.54, 1.807) is 48.5 Å². The van der Waals surface area contributed by atoms with Crippen LogP contribution >= 0.6 is 0 Å². The van der Waals surface area contributed by atoms with E-state index >= 15 is 0 Å². The molecule has 3 rings (SSSR count). The molecular weight excluding hydrogens is 763 g/mol. The van der Waals surface area contributed by atoms with Crippen molar-refractivity contribution in [3.63, 3.8) is 0 Å². The molecule has 0 radical (unpaired) electrons. The van der Waals surface area contributed by atoms with Crippen molar-refractivity contribution in [2.24, 2.45) is 17.8 Å². The number of aliphatic carboxylic acids is 1. The minimum absolute atomic E-state index is 0. The van der Waals surface area contributed by atoms with Crippen LogP contribution in [0.25, 0.3) is 0 Å². The normalized spacial score (nSPS) is 45.4. The summed E-state index contributed by atoms with van der Waals surface area (Å²) < 4.78 is 37.8. The number of hydrogen-bond acceptors (Lipinski definition) is 15. The Morgan fingerprint density at radius 2 is 1.61 bits per heavy atom. The first-order chi connectivity index (χ1) is 26.7. The van der Waals surface area contributed by atoms with Crippen molar-refractivity contribution in [1.82, 2.24) is 9.80 Å². The molecule has 342 valence electrons. The summed E-state index contributed by atoms with van der Waals surface area (Å²) in [6, 6.07) is -1.24. The fourth-order valence-electron chi connectivity index (χ4n) is 9.49. The van der Waals surface area contributed by atoms with Crippen LogP contribution in [-0.4, -0.2) is 195 Å². The number of carboxylic acid groups (broad SMARTS) is 1. The van der Waals surface area contributed by atoms with Crippen LogP contribution in [0, 0.1) is 17.8 Å². The van der Waals surface area contributed by atoms with Crippen LogP contribution in [0.1, 0.15) is 115 Å². The van der Waals surface area contributed by atoms with Gasteiger partial charge in [0, 0.05) is 50.5 Å². The zero-order valence-corrected chi connectivity index (χ0v) is 37.5. The number of carboxylic acids is 1. The standard InChI is InChI=1S/C42H78N2O14.Li.H/c1-15-30-42(11,52)35(48)27(7)43(12)21-22(2)19-40(9,51)37(58-39-33(47)29(18-24(4)54-39)44(13)23(3)16-17-31(45)46)25(5)34(26(6)38(50)56-30)57-32-20-41(10,53-14)36(49)28(8)55-32;;/h22-30,32-37,39,47-49,51-52H,15-21H2,1-14H3,(H,45,46);;. The number of likely N-dealkylation sites (N-methyl/N-ethyl adjacent to an activating group) is 2. The number of hydrogen-bond donors (Lipinski definition) is 6. The van der Waals surface area contributed by atoms with Crippen LogP contribution in [0.3, 0.4) is 0 Å². The van der Waals surface area contributed by atoms with Gasteiger partial charge < -0.3 is 64.0 Å². The first kappa shape index (κ1) is 54.2. The van der Waals surface area contributed by atoms with Gasteiger partial charge in [0.25, 0.3) is 0 Å². The molecular formula is C42H79LiN2O14. The fourth-order valence-corrected chi connectivity index (χ4v) is 9.49. The summed E-state index contributed by atoms with van der Waals surface area (Å²) in [5.41, 5.74) is -4.53. The number of rotatable bonds is 11. The van der Waals surface area contributed by atoms with Gasteiger partial charge in [0.2, 0.25) is 0 Å². The summed E-state index contributed by atoms with van der Waals surface area (Å²) >= 11 is 0. The van der Waals surface area contributed by atoms with E-state index in [0.717, 1.165) is 0 Å². The van der Waals surface area contributed by atoms with E-state index in [4.69, 9.17) is 28.4 Å². The molecule has 0 aromatic rings. The molecule has 0 aliphatic carbocycles. The summed E-state index contributed by atoms with van der Waals surface area (Å²) in [7, 11) is 5.15. The van der Waals surface area contributed by atoms with Gasteiger partial charge in [0.05, 0.1) is 41.5 Å². The predicted molar refractivity (Wildman–Crippen MR) is 222 cm³/mol. The zero-order valence-electron chi connectivity index (χ0n) is 37.5. The quantitative estimate of drug-likeness (QED) is 0.129. The van der Waals surface area contributed by atoms with E-state index < -0.39 is 108 Å². The summed E-state index contributed by atoms with van der Waals surface area (Å²) in [6.07, 6.45) is -8.89. The zero-order chi connectivity index (χ0) is 44.2. The average Bonchev–Trinajstić information content (AvgIpc) is 3.14. The molecule has 3 saturated heterocycles. The molecule has 0 bridgehead atoms. The molecule has 16 nitrogen and oxygen atoms in total. The molecule has 0 spiro atoms. The second-order valence-corrected chi connectivity index (χ2v) is 18.6. The van der Waals surface area contributed by atoms with Crippen molar-refractivity contribution < 1.29 is 68.6 Å². The number of ether oxygens (including phenoxy) is 6. The molecule has 0 saturated carbocycles. The van der Waals surface area contributed by atoms with E-state index in [2.05, 4.69) is 0 Å². The van der Waals surface area contributed by atoms with E-state index in [1.165, 1.54) is 14.0 Å². The van der Waals surface area contributed by atoms with Gasteiger partial charge in [-0.25, -0.2) is 0 Å². The van der Waals surface area contributed by atoms with Crippen LogP contribution in [0.15, 0.2) is 0 Å². The molecule has 3 fully saturated rings. The molecule has 3 aliphatic heterocycles. The Balaban J connectivity index is 0.0000120. The van der Waals surface area contributed by atoms with E-state index in [9.17, 15) is 40.2 Å². The minimum atomic E-state index is -1.83. The van der Waals surface area contributed by atoms with Crippen LogP contribution in [0.5, 0.6) is 0 Å². The summed E-state index contributed by atoms with van der Waals surface area (Å²) in [5.74, 6) is -3.72. The third kappa shape index (κ3) is 13.1. The third-order valence-corrected chi connectivity index (χ3v) is 13.5. The Morgan fingerprint density at radius 1 is 1.00 bits per heavy atom. The van der Waals surface area contributed by atoms with Crippen molar-refractivity contribution in [3.05, 3.63) is 0 Å². The maximum absolute atomic E-state index is 14.3. The maximum atomic E-state index is 14.3. The van der Waals surface area contributed by atoms with Crippen molar-refractivity contribution in [1.29, 1.82) is 0 Å². The molecule has 3 heterocycles.